The zero-order chi connectivity index (χ0) is 19.9. The molecule has 2 aliphatic rings. The first-order valence-corrected chi connectivity index (χ1v) is 10.3. The van der Waals surface area contributed by atoms with Crippen LogP contribution in [0.15, 0.2) is 22.9 Å². The number of pyridine rings is 1. The molecule has 150 valence electrons. The molecule has 2 aliphatic heterocycles. The maximum atomic E-state index is 13.4. The molecule has 6 heteroatoms. The van der Waals surface area contributed by atoms with Gasteiger partial charge in [-0.25, -0.2) is 0 Å². The highest BCUT2D eigenvalue weighted by Crippen LogP contribution is 2.39. The zero-order valence-electron chi connectivity index (χ0n) is 17.4. The summed E-state index contributed by atoms with van der Waals surface area (Å²) in [7, 11) is 2.13. The highest BCUT2D eigenvalue weighted by molar-refractivity contribution is 5.83. The molecule has 4 heterocycles. The van der Waals surface area contributed by atoms with Gasteiger partial charge in [-0.2, -0.15) is 0 Å². The third-order valence-corrected chi connectivity index (χ3v) is 6.57. The average Bonchev–Trinajstić information content (AvgIpc) is 3.30. The highest BCUT2D eigenvalue weighted by atomic mass is 16.5. The van der Waals surface area contributed by atoms with Crippen molar-refractivity contribution in [2.75, 3.05) is 26.7 Å². The molecule has 2 fully saturated rings. The maximum Gasteiger partial charge on any atom is 0.229 e. The van der Waals surface area contributed by atoms with E-state index >= 15 is 0 Å². The SMILES string of the molecule is Cc1noc(C)c1-c1ccc(C2CCCN2C(=O)C2(C)CCN(C)CC2)nc1. The zero-order valence-corrected chi connectivity index (χ0v) is 17.4. The van der Waals surface area contributed by atoms with Crippen molar-refractivity contribution in [3.8, 4) is 11.1 Å². The molecule has 1 unspecified atom stereocenters. The number of likely N-dealkylation sites (tertiary alicyclic amines) is 2. The van der Waals surface area contributed by atoms with Crippen LogP contribution in [0.1, 0.15) is 55.8 Å². The Morgan fingerprint density at radius 3 is 2.57 bits per heavy atom. The Labute approximate surface area is 166 Å². The van der Waals surface area contributed by atoms with Gasteiger partial charge in [0.15, 0.2) is 0 Å². The van der Waals surface area contributed by atoms with E-state index in [9.17, 15) is 4.79 Å². The van der Waals surface area contributed by atoms with E-state index in [0.717, 1.165) is 73.6 Å². The molecule has 0 radical (unpaired) electrons. The van der Waals surface area contributed by atoms with Gasteiger partial charge in [0.1, 0.15) is 5.76 Å². The van der Waals surface area contributed by atoms with Gasteiger partial charge in [-0.3, -0.25) is 9.78 Å². The van der Waals surface area contributed by atoms with Gasteiger partial charge in [-0.1, -0.05) is 18.1 Å². The average molecular weight is 383 g/mol. The second-order valence-corrected chi connectivity index (χ2v) is 8.69. The molecule has 0 saturated carbocycles. The predicted octanol–water partition coefficient (Wildman–Crippen LogP) is 3.75. The van der Waals surface area contributed by atoms with Crippen molar-refractivity contribution in [2.45, 2.75) is 52.5 Å². The quantitative estimate of drug-likeness (QED) is 0.809. The van der Waals surface area contributed by atoms with E-state index in [1.54, 1.807) is 0 Å². The van der Waals surface area contributed by atoms with Crippen LogP contribution in [-0.2, 0) is 4.79 Å². The van der Waals surface area contributed by atoms with Crippen LogP contribution in [0.5, 0.6) is 0 Å². The third kappa shape index (κ3) is 3.34. The number of piperidine rings is 1. The summed E-state index contributed by atoms with van der Waals surface area (Å²) in [5, 5.41) is 4.03. The largest absolute Gasteiger partial charge is 0.361 e. The van der Waals surface area contributed by atoms with Crippen LogP contribution in [-0.4, -0.2) is 52.5 Å². The molecule has 0 N–H and O–H groups in total. The normalized spacial score (nSPS) is 22.6. The first-order valence-electron chi connectivity index (χ1n) is 10.3. The molecule has 2 saturated heterocycles. The molecule has 1 atom stereocenters. The molecular formula is C22H30N4O2. The van der Waals surface area contributed by atoms with Gasteiger partial charge >= 0.3 is 0 Å². The lowest BCUT2D eigenvalue weighted by Gasteiger charge is -2.40. The number of rotatable bonds is 3. The Hall–Kier alpha value is -2.21. The minimum absolute atomic E-state index is 0.0858. The van der Waals surface area contributed by atoms with E-state index in [1.807, 2.05) is 20.0 Å². The fourth-order valence-electron chi connectivity index (χ4n) is 4.64. The van der Waals surface area contributed by atoms with Crippen LogP contribution >= 0.6 is 0 Å². The van der Waals surface area contributed by atoms with E-state index in [1.165, 1.54) is 0 Å². The fraction of sp³-hybridized carbons (Fsp3) is 0.591. The lowest BCUT2D eigenvalue weighted by atomic mass is 9.79. The Morgan fingerprint density at radius 2 is 1.96 bits per heavy atom. The van der Waals surface area contributed by atoms with Crippen LogP contribution in [0.2, 0.25) is 0 Å². The molecular weight excluding hydrogens is 352 g/mol. The number of hydrogen-bond acceptors (Lipinski definition) is 5. The Balaban J connectivity index is 1.54. The van der Waals surface area contributed by atoms with Crippen LogP contribution in [0, 0.1) is 19.3 Å². The van der Waals surface area contributed by atoms with Gasteiger partial charge in [-0.05, 0) is 65.7 Å². The van der Waals surface area contributed by atoms with Crippen LogP contribution in [0.4, 0.5) is 0 Å². The Morgan fingerprint density at radius 1 is 1.21 bits per heavy atom. The topological polar surface area (TPSA) is 62.5 Å². The monoisotopic (exact) mass is 382 g/mol. The molecule has 1 amide bonds. The standard InChI is InChI=1S/C22H30N4O2/c1-15-20(16(2)28-24-15)17-7-8-18(23-14-17)19-6-5-11-26(19)21(27)22(3)9-12-25(4)13-10-22/h7-8,14,19H,5-6,9-13H2,1-4H3. The molecule has 0 aliphatic carbocycles. The van der Waals surface area contributed by atoms with Crippen molar-refractivity contribution in [1.29, 1.82) is 0 Å². The number of nitrogens with zero attached hydrogens (tertiary/aromatic N) is 4. The summed E-state index contributed by atoms with van der Waals surface area (Å²) in [5.74, 6) is 1.11. The summed E-state index contributed by atoms with van der Waals surface area (Å²) in [5.41, 5.74) is 3.64. The van der Waals surface area contributed by atoms with E-state index in [0.29, 0.717) is 5.91 Å². The van der Waals surface area contributed by atoms with E-state index < -0.39 is 0 Å². The highest BCUT2D eigenvalue weighted by Gasteiger charge is 2.42. The molecule has 0 bridgehead atoms. The number of hydrogen-bond donors (Lipinski definition) is 0. The molecule has 2 aromatic rings. The summed E-state index contributed by atoms with van der Waals surface area (Å²) >= 11 is 0. The number of aromatic nitrogens is 2. The molecule has 2 aromatic heterocycles. The van der Waals surface area contributed by atoms with E-state index in [2.05, 4.69) is 41.1 Å². The minimum atomic E-state index is -0.244. The van der Waals surface area contributed by atoms with Crippen molar-refractivity contribution in [2.24, 2.45) is 5.41 Å². The third-order valence-electron chi connectivity index (χ3n) is 6.57. The minimum Gasteiger partial charge on any atom is -0.361 e. The predicted molar refractivity (Wildman–Crippen MR) is 108 cm³/mol. The van der Waals surface area contributed by atoms with Crippen molar-refractivity contribution in [3.05, 3.63) is 35.5 Å². The smallest absolute Gasteiger partial charge is 0.229 e. The first kappa shape index (κ1) is 19.1. The van der Waals surface area contributed by atoms with Crippen molar-refractivity contribution in [3.63, 3.8) is 0 Å². The summed E-state index contributed by atoms with van der Waals surface area (Å²) < 4.78 is 5.28. The lowest BCUT2D eigenvalue weighted by molar-refractivity contribution is -0.145. The number of amides is 1. The van der Waals surface area contributed by atoms with Crippen LogP contribution in [0.3, 0.4) is 0 Å². The van der Waals surface area contributed by atoms with E-state index in [4.69, 9.17) is 9.51 Å². The van der Waals surface area contributed by atoms with Gasteiger partial charge in [0, 0.05) is 29.3 Å². The summed E-state index contributed by atoms with van der Waals surface area (Å²) in [4.78, 5) is 22.6. The second kappa shape index (κ2) is 7.32. The van der Waals surface area contributed by atoms with Crippen LogP contribution in [0.25, 0.3) is 11.1 Å². The fourth-order valence-corrected chi connectivity index (χ4v) is 4.64. The van der Waals surface area contributed by atoms with Crippen molar-refractivity contribution in [1.82, 2.24) is 19.9 Å². The first-order chi connectivity index (χ1) is 13.4. The number of carbonyl (C=O) groups excluding carboxylic acids is 1. The number of carbonyl (C=O) groups is 1. The molecule has 4 rings (SSSR count). The van der Waals surface area contributed by atoms with Crippen molar-refractivity contribution < 1.29 is 9.32 Å². The molecule has 0 spiro atoms. The Bertz CT molecular complexity index is 830. The van der Waals surface area contributed by atoms with Gasteiger partial charge < -0.3 is 14.3 Å². The lowest BCUT2D eigenvalue weighted by Crippen LogP contribution is -2.47. The van der Waals surface area contributed by atoms with Gasteiger partial charge in [0.2, 0.25) is 5.91 Å². The van der Waals surface area contributed by atoms with Gasteiger partial charge in [0.25, 0.3) is 0 Å². The van der Waals surface area contributed by atoms with Gasteiger partial charge in [0.05, 0.1) is 17.4 Å². The second-order valence-electron chi connectivity index (χ2n) is 8.69. The summed E-state index contributed by atoms with van der Waals surface area (Å²) in [6, 6.07) is 4.23. The maximum absolute atomic E-state index is 13.4. The van der Waals surface area contributed by atoms with Crippen molar-refractivity contribution >= 4 is 5.91 Å². The molecule has 28 heavy (non-hydrogen) atoms. The Kier molecular flexibility index (Phi) is 5.00. The summed E-state index contributed by atoms with van der Waals surface area (Å²) in [6.07, 6.45) is 5.78. The summed E-state index contributed by atoms with van der Waals surface area (Å²) in [6.45, 7) is 8.83. The van der Waals surface area contributed by atoms with E-state index in [-0.39, 0.29) is 11.5 Å². The molecule has 6 nitrogen and oxygen atoms in total. The van der Waals surface area contributed by atoms with Crippen LogP contribution < -0.4 is 0 Å². The molecule has 0 aromatic carbocycles. The number of aryl methyl sites for hydroxylation is 2. The van der Waals surface area contributed by atoms with Gasteiger partial charge in [-0.15, -0.1) is 0 Å².